The highest BCUT2D eigenvalue weighted by Gasteiger charge is 2.34. The summed E-state index contributed by atoms with van der Waals surface area (Å²) in [5.74, 6) is -1.20. The van der Waals surface area contributed by atoms with Crippen molar-refractivity contribution in [2.24, 2.45) is 4.99 Å². The van der Waals surface area contributed by atoms with Crippen molar-refractivity contribution in [3.05, 3.63) is 105 Å². The van der Waals surface area contributed by atoms with E-state index >= 15 is 0 Å². The third-order valence-electron chi connectivity index (χ3n) is 5.54. The van der Waals surface area contributed by atoms with Crippen molar-refractivity contribution in [1.82, 2.24) is 4.57 Å². The minimum Gasteiger partial charge on any atom is -0.466 e. The zero-order valence-electron chi connectivity index (χ0n) is 19.2. The fourth-order valence-corrected chi connectivity index (χ4v) is 5.07. The van der Waals surface area contributed by atoms with Crippen LogP contribution in [0.4, 0.5) is 5.69 Å². The molecule has 0 saturated heterocycles. The van der Waals surface area contributed by atoms with Crippen molar-refractivity contribution in [3.63, 3.8) is 0 Å². The summed E-state index contributed by atoms with van der Waals surface area (Å²) in [5, 5.41) is 11.4. The average Bonchev–Trinajstić information content (AvgIpc) is 3.17. The standard InChI is InChI=1S/C24H18ClN3O7S/c1-12-19(23(31)35-3)20(15-8-9-16(25)17(11-15)28(32)33)27-21(29)18(36-24(27)26-12)10-13-4-6-14(7-5-13)22(30)34-2/h4-11,20H,1-3H3. The molecule has 3 aromatic rings. The summed E-state index contributed by atoms with van der Waals surface area (Å²) in [6.45, 7) is 1.60. The second kappa shape index (κ2) is 9.88. The van der Waals surface area contributed by atoms with Gasteiger partial charge in [0, 0.05) is 6.07 Å². The van der Waals surface area contributed by atoms with E-state index in [0.29, 0.717) is 31.7 Å². The second-order valence-electron chi connectivity index (χ2n) is 7.65. The fourth-order valence-electron chi connectivity index (χ4n) is 3.83. The highest BCUT2D eigenvalue weighted by molar-refractivity contribution is 7.07. The summed E-state index contributed by atoms with van der Waals surface area (Å²) in [7, 11) is 2.49. The van der Waals surface area contributed by atoms with E-state index in [1.807, 2.05) is 0 Å². The van der Waals surface area contributed by atoms with Gasteiger partial charge in [0.1, 0.15) is 5.02 Å². The van der Waals surface area contributed by atoms with Gasteiger partial charge in [-0.2, -0.15) is 0 Å². The molecule has 0 fully saturated rings. The number of nitro benzene ring substituents is 1. The van der Waals surface area contributed by atoms with Crippen LogP contribution in [0.3, 0.4) is 0 Å². The average molecular weight is 528 g/mol. The summed E-state index contributed by atoms with van der Waals surface area (Å²) < 4.78 is 11.3. The van der Waals surface area contributed by atoms with Gasteiger partial charge in [0.05, 0.1) is 46.6 Å². The van der Waals surface area contributed by atoms with E-state index in [1.165, 1.54) is 37.0 Å². The first-order chi connectivity index (χ1) is 17.2. The van der Waals surface area contributed by atoms with E-state index in [0.717, 1.165) is 11.3 Å². The van der Waals surface area contributed by atoms with Crippen LogP contribution in [0.5, 0.6) is 0 Å². The molecule has 0 aliphatic carbocycles. The number of fused-ring (bicyclic) bond motifs is 1. The Morgan fingerprint density at radius 2 is 1.81 bits per heavy atom. The van der Waals surface area contributed by atoms with Crippen molar-refractivity contribution >= 4 is 46.6 Å². The fraction of sp³-hybridized carbons (Fsp3) is 0.167. The molecule has 0 N–H and O–H groups in total. The predicted octanol–water partition coefficient (Wildman–Crippen LogP) is 2.76. The van der Waals surface area contributed by atoms with Gasteiger partial charge in [-0.05, 0) is 42.3 Å². The number of hydrogen-bond acceptors (Lipinski definition) is 9. The van der Waals surface area contributed by atoms with Crippen molar-refractivity contribution in [1.29, 1.82) is 0 Å². The number of benzene rings is 2. The molecule has 1 aliphatic rings. The molecule has 0 bridgehead atoms. The number of ether oxygens (including phenoxy) is 2. The third-order valence-corrected chi connectivity index (χ3v) is 6.84. The van der Waals surface area contributed by atoms with Crippen LogP contribution < -0.4 is 14.9 Å². The molecule has 1 aliphatic heterocycles. The van der Waals surface area contributed by atoms with Crippen molar-refractivity contribution in [2.45, 2.75) is 13.0 Å². The Labute approximate surface area is 212 Å². The first-order valence-electron chi connectivity index (χ1n) is 10.4. The number of allylic oxidation sites excluding steroid dienone is 1. The molecule has 10 nitrogen and oxygen atoms in total. The Balaban J connectivity index is 1.93. The van der Waals surface area contributed by atoms with Gasteiger partial charge in [-0.25, -0.2) is 14.6 Å². The van der Waals surface area contributed by atoms with Gasteiger partial charge in [-0.1, -0.05) is 41.1 Å². The molecule has 2 heterocycles. The van der Waals surface area contributed by atoms with Gasteiger partial charge in [0.2, 0.25) is 0 Å². The van der Waals surface area contributed by atoms with Crippen molar-refractivity contribution in [2.75, 3.05) is 14.2 Å². The highest BCUT2D eigenvalue weighted by Crippen LogP contribution is 2.34. The first-order valence-corrected chi connectivity index (χ1v) is 11.6. The van der Waals surface area contributed by atoms with Crippen LogP contribution >= 0.6 is 22.9 Å². The lowest BCUT2D eigenvalue weighted by Gasteiger charge is -2.24. The van der Waals surface area contributed by atoms with Crippen molar-refractivity contribution in [3.8, 4) is 0 Å². The molecule has 1 atom stereocenters. The number of halogens is 1. The van der Waals surface area contributed by atoms with Gasteiger partial charge < -0.3 is 9.47 Å². The molecular weight excluding hydrogens is 510 g/mol. The monoisotopic (exact) mass is 527 g/mol. The zero-order valence-corrected chi connectivity index (χ0v) is 20.8. The van der Waals surface area contributed by atoms with Crippen LogP contribution in [-0.4, -0.2) is 35.6 Å². The Kier molecular flexibility index (Phi) is 6.86. The molecule has 184 valence electrons. The van der Waals surface area contributed by atoms with E-state index in [2.05, 4.69) is 4.99 Å². The largest absolute Gasteiger partial charge is 0.466 e. The van der Waals surface area contributed by atoms with Gasteiger partial charge >= 0.3 is 11.9 Å². The van der Waals surface area contributed by atoms with Crippen LogP contribution in [0.15, 0.2) is 63.5 Å². The number of hydrogen-bond donors (Lipinski definition) is 0. The summed E-state index contributed by atoms with van der Waals surface area (Å²) in [5.41, 5.74) is 0.897. The number of carbonyl (C=O) groups is 2. The maximum absolute atomic E-state index is 13.5. The highest BCUT2D eigenvalue weighted by atomic mass is 35.5. The number of thiazole rings is 1. The number of rotatable bonds is 5. The molecular formula is C24H18ClN3O7S. The van der Waals surface area contributed by atoms with Gasteiger partial charge in [0.15, 0.2) is 4.80 Å². The molecule has 2 aromatic carbocycles. The number of esters is 2. The van der Waals surface area contributed by atoms with E-state index in [1.54, 1.807) is 37.3 Å². The molecule has 0 saturated carbocycles. The second-order valence-corrected chi connectivity index (χ2v) is 9.07. The van der Waals surface area contributed by atoms with Crippen LogP contribution in [0, 0.1) is 10.1 Å². The normalized spacial score (nSPS) is 15.2. The summed E-state index contributed by atoms with van der Waals surface area (Å²) in [6.07, 6.45) is 1.63. The number of aromatic nitrogens is 1. The van der Waals surface area contributed by atoms with Gasteiger partial charge in [-0.3, -0.25) is 19.5 Å². The van der Waals surface area contributed by atoms with Crippen LogP contribution in [-0.2, 0) is 14.3 Å². The van der Waals surface area contributed by atoms with Gasteiger partial charge in [0.25, 0.3) is 11.2 Å². The Bertz CT molecular complexity index is 1620. The SMILES string of the molecule is COC(=O)C1=C(C)N=c2sc(=Cc3ccc(C(=O)OC)cc3)c(=O)n2C1c1ccc(Cl)c([N+](=O)[O-])c1. The predicted molar refractivity (Wildman–Crippen MR) is 132 cm³/mol. The first kappa shape index (κ1) is 25.0. The number of carbonyl (C=O) groups excluding carboxylic acids is 2. The minimum absolute atomic E-state index is 0.0770. The maximum Gasteiger partial charge on any atom is 0.338 e. The topological polar surface area (TPSA) is 130 Å². The molecule has 36 heavy (non-hydrogen) atoms. The number of methoxy groups -OCH3 is 2. The van der Waals surface area contributed by atoms with E-state index in [-0.39, 0.29) is 16.3 Å². The molecule has 0 radical (unpaired) electrons. The molecule has 0 amide bonds. The molecule has 4 rings (SSSR count). The lowest BCUT2D eigenvalue weighted by molar-refractivity contribution is -0.384. The van der Waals surface area contributed by atoms with E-state index < -0.39 is 28.5 Å². The molecule has 1 unspecified atom stereocenters. The Hall–Kier alpha value is -4.09. The van der Waals surface area contributed by atoms with Crippen LogP contribution in [0.1, 0.15) is 34.5 Å². The van der Waals surface area contributed by atoms with Crippen LogP contribution in [0.2, 0.25) is 5.02 Å². The molecule has 0 spiro atoms. The summed E-state index contributed by atoms with van der Waals surface area (Å²) >= 11 is 7.09. The quantitative estimate of drug-likeness (QED) is 0.283. The maximum atomic E-state index is 13.5. The third kappa shape index (κ3) is 4.45. The minimum atomic E-state index is -1.02. The number of nitro groups is 1. The van der Waals surface area contributed by atoms with E-state index in [4.69, 9.17) is 21.1 Å². The lowest BCUT2D eigenvalue weighted by atomic mass is 9.95. The van der Waals surface area contributed by atoms with Gasteiger partial charge in [-0.15, -0.1) is 0 Å². The summed E-state index contributed by atoms with van der Waals surface area (Å²) in [6, 6.07) is 9.55. The Morgan fingerprint density at radius 1 is 1.14 bits per heavy atom. The van der Waals surface area contributed by atoms with Crippen molar-refractivity contribution < 1.29 is 24.0 Å². The summed E-state index contributed by atoms with van der Waals surface area (Å²) in [4.78, 5) is 53.6. The van der Waals surface area contributed by atoms with E-state index in [9.17, 15) is 24.5 Å². The molecule has 1 aromatic heterocycles. The zero-order chi connectivity index (χ0) is 26.1. The van der Waals surface area contributed by atoms with Crippen LogP contribution in [0.25, 0.3) is 6.08 Å². The lowest BCUT2D eigenvalue weighted by Crippen LogP contribution is -2.39. The molecule has 12 heteroatoms. The smallest absolute Gasteiger partial charge is 0.338 e. The Morgan fingerprint density at radius 3 is 2.42 bits per heavy atom. The number of nitrogens with zero attached hydrogens (tertiary/aromatic N) is 3.